The first-order valence-corrected chi connectivity index (χ1v) is 10.4. The van der Waals surface area contributed by atoms with E-state index < -0.39 is 0 Å². The molecule has 0 aromatic heterocycles. The maximum atomic E-state index is 2.57. The van der Waals surface area contributed by atoms with Crippen LogP contribution < -0.4 is 5.30 Å². The van der Waals surface area contributed by atoms with Crippen LogP contribution in [0, 0.1) is 0 Å². The molecule has 0 atom stereocenters. The Hall–Kier alpha value is -0.350. The molecule has 21 heavy (non-hydrogen) atoms. The van der Waals surface area contributed by atoms with Gasteiger partial charge in [-0.2, -0.15) is 0 Å². The fourth-order valence-corrected chi connectivity index (χ4v) is 8.05. The minimum absolute atomic E-state index is 0.0786. The summed E-state index contributed by atoms with van der Waals surface area (Å²) in [5.41, 5.74) is 3.86. The van der Waals surface area contributed by atoms with Crippen LogP contribution in [0.2, 0.25) is 0 Å². The van der Waals surface area contributed by atoms with E-state index in [-0.39, 0.29) is 13.3 Å². The van der Waals surface area contributed by atoms with Gasteiger partial charge in [-0.15, -0.1) is 0 Å². The highest BCUT2D eigenvalue weighted by Gasteiger charge is 2.34. The highest BCUT2D eigenvalue weighted by atomic mass is 31.1. The van der Waals surface area contributed by atoms with Crippen LogP contribution in [0.1, 0.15) is 77.7 Å². The fraction of sp³-hybridized carbons (Fsp3) is 0.700. The Labute approximate surface area is 132 Å². The van der Waals surface area contributed by atoms with Crippen molar-refractivity contribution < 1.29 is 0 Å². The van der Waals surface area contributed by atoms with Crippen molar-refractivity contribution in [3.8, 4) is 0 Å². The Kier molecular flexibility index (Phi) is 4.75. The lowest BCUT2D eigenvalue weighted by Gasteiger charge is -2.32. The fourth-order valence-electron chi connectivity index (χ4n) is 4.22. The summed E-state index contributed by atoms with van der Waals surface area (Å²) < 4.78 is 0. The Morgan fingerprint density at radius 2 is 1.38 bits per heavy atom. The van der Waals surface area contributed by atoms with Crippen LogP contribution in [-0.4, -0.2) is 11.3 Å². The van der Waals surface area contributed by atoms with E-state index in [0.717, 1.165) is 11.3 Å². The van der Waals surface area contributed by atoms with E-state index in [1.807, 2.05) is 0 Å². The first-order chi connectivity index (χ1) is 10.1. The standard InChI is InChI=1S/C20H31P/c1-20(2,3)16-9-8-14-19(15-16)21(17-10-4-5-11-17)18-12-6-7-13-18/h8-9,14-15,17-18H,4-7,10-13H2,1-3H3. The van der Waals surface area contributed by atoms with Gasteiger partial charge in [-0.1, -0.05) is 78.6 Å². The quantitative estimate of drug-likeness (QED) is 0.603. The third-order valence-corrected chi connectivity index (χ3v) is 8.93. The molecule has 2 aliphatic rings. The summed E-state index contributed by atoms with van der Waals surface area (Å²) in [7, 11) is 0.0786. The van der Waals surface area contributed by atoms with Crippen LogP contribution in [0.4, 0.5) is 0 Å². The van der Waals surface area contributed by atoms with Crippen LogP contribution in [0.3, 0.4) is 0 Å². The van der Waals surface area contributed by atoms with Gasteiger partial charge in [0.2, 0.25) is 0 Å². The molecule has 0 spiro atoms. The zero-order valence-corrected chi connectivity index (χ0v) is 15.0. The molecule has 0 unspecified atom stereocenters. The number of hydrogen-bond acceptors (Lipinski definition) is 0. The van der Waals surface area contributed by atoms with E-state index >= 15 is 0 Å². The van der Waals surface area contributed by atoms with Gasteiger partial charge in [0.15, 0.2) is 0 Å². The molecular weight excluding hydrogens is 271 g/mol. The molecule has 2 fully saturated rings. The van der Waals surface area contributed by atoms with Crippen LogP contribution >= 0.6 is 7.92 Å². The summed E-state index contributed by atoms with van der Waals surface area (Å²) in [6.07, 6.45) is 11.9. The summed E-state index contributed by atoms with van der Waals surface area (Å²) in [6.45, 7) is 7.04. The third-order valence-electron chi connectivity index (χ3n) is 5.45. The Balaban J connectivity index is 1.91. The van der Waals surface area contributed by atoms with E-state index in [2.05, 4.69) is 45.0 Å². The van der Waals surface area contributed by atoms with Crippen LogP contribution in [0.5, 0.6) is 0 Å². The van der Waals surface area contributed by atoms with Crippen molar-refractivity contribution in [1.82, 2.24) is 0 Å². The van der Waals surface area contributed by atoms with Gasteiger partial charge in [-0.25, -0.2) is 0 Å². The topological polar surface area (TPSA) is 0 Å². The summed E-state index contributed by atoms with van der Waals surface area (Å²) in [6, 6.07) is 9.69. The zero-order valence-electron chi connectivity index (χ0n) is 14.1. The first kappa shape index (κ1) is 15.5. The van der Waals surface area contributed by atoms with Gasteiger partial charge in [-0.05, 0) is 53.3 Å². The second-order valence-corrected chi connectivity index (χ2v) is 10.9. The van der Waals surface area contributed by atoms with Crippen LogP contribution in [0.25, 0.3) is 0 Å². The van der Waals surface area contributed by atoms with Gasteiger partial charge in [-0.3, -0.25) is 0 Å². The van der Waals surface area contributed by atoms with E-state index in [1.54, 1.807) is 5.30 Å². The first-order valence-electron chi connectivity index (χ1n) is 8.94. The lowest BCUT2D eigenvalue weighted by atomic mass is 9.87. The van der Waals surface area contributed by atoms with Crippen molar-refractivity contribution in [3.63, 3.8) is 0 Å². The highest BCUT2D eigenvalue weighted by Crippen LogP contribution is 2.56. The lowest BCUT2D eigenvalue weighted by molar-refractivity contribution is 0.591. The minimum atomic E-state index is 0.0786. The molecule has 3 rings (SSSR count). The molecule has 1 heteroatoms. The van der Waals surface area contributed by atoms with Crippen LogP contribution in [-0.2, 0) is 5.41 Å². The molecule has 0 bridgehead atoms. The average molecular weight is 302 g/mol. The second kappa shape index (κ2) is 6.41. The van der Waals surface area contributed by atoms with Crippen molar-refractivity contribution in [2.24, 2.45) is 0 Å². The molecule has 0 nitrogen and oxygen atoms in total. The molecular formula is C20H31P. The van der Waals surface area contributed by atoms with E-state index in [1.165, 1.54) is 56.9 Å². The van der Waals surface area contributed by atoms with Gasteiger partial charge in [0.25, 0.3) is 0 Å². The minimum Gasteiger partial charge on any atom is -0.0690 e. The number of benzene rings is 1. The van der Waals surface area contributed by atoms with Crippen molar-refractivity contribution in [1.29, 1.82) is 0 Å². The largest absolute Gasteiger partial charge is 0.0690 e. The Bertz CT molecular complexity index is 443. The molecule has 1 aromatic rings. The highest BCUT2D eigenvalue weighted by molar-refractivity contribution is 7.67. The van der Waals surface area contributed by atoms with E-state index in [4.69, 9.17) is 0 Å². The normalized spacial score (nSPS) is 21.5. The van der Waals surface area contributed by atoms with Gasteiger partial charge in [0.05, 0.1) is 0 Å². The maximum Gasteiger partial charge on any atom is -0.0132 e. The summed E-state index contributed by atoms with van der Waals surface area (Å²) in [5, 5.41) is 1.72. The molecule has 0 N–H and O–H groups in total. The van der Waals surface area contributed by atoms with Crippen molar-refractivity contribution in [3.05, 3.63) is 29.8 Å². The molecule has 2 saturated carbocycles. The average Bonchev–Trinajstić information content (AvgIpc) is 3.12. The molecule has 2 aliphatic carbocycles. The molecule has 0 aliphatic heterocycles. The maximum absolute atomic E-state index is 2.57. The van der Waals surface area contributed by atoms with Gasteiger partial charge in [0.1, 0.15) is 0 Å². The van der Waals surface area contributed by atoms with E-state index in [9.17, 15) is 0 Å². The van der Waals surface area contributed by atoms with Crippen molar-refractivity contribution >= 4 is 13.2 Å². The monoisotopic (exact) mass is 302 g/mol. The van der Waals surface area contributed by atoms with Gasteiger partial charge in [0, 0.05) is 0 Å². The summed E-state index contributed by atoms with van der Waals surface area (Å²) >= 11 is 0. The summed E-state index contributed by atoms with van der Waals surface area (Å²) in [5.74, 6) is 0. The van der Waals surface area contributed by atoms with Crippen molar-refractivity contribution in [2.45, 2.75) is 88.9 Å². The third kappa shape index (κ3) is 3.53. The Morgan fingerprint density at radius 3 is 1.86 bits per heavy atom. The summed E-state index contributed by atoms with van der Waals surface area (Å²) in [4.78, 5) is 0. The smallest absolute Gasteiger partial charge is 0.0132 e. The van der Waals surface area contributed by atoms with Crippen molar-refractivity contribution in [2.75, 3.05) is 0 Å². The molecule has 116 valence electrons. The SMILES string of the molecule is CC(C)(C)c1cccc(P(C2CCCC2)C2CCCC2)c1. The molecule has 0 radical (unpaired) electrons. The Morgan fingerprint density at radius 1 is 0.857 bits per heavy atom. The number of rotatable bonds is 3. The molecule has 0 amide bonds. The van der Waals surface area contributed by atoms with E-state index in [0.29, 0.717) is 0 Å². The van der Waals surface area contributed by atoms with Gasteiger partial charge < -0.3 is 0 Å². The predicted octanol–water partition coefficient (Wildman–Crippen LogP) is 5.98. The van der Waals surface area contributed by atoms with Gasteiger partial charge >= 0.3 is 0 Å². The molecule has 0 saturated heterocycles. The lowest BCUT2D eigenvalue weighted by Crippen LogP contribution is -2.21. The zero-order chi connectivity index (χ0) is 14.9. The molecule has 0 heterocycles. The second-order valence-electron chi connectivity index (χ2n) is 8.08. The van der Waals surface area contributed by atoms with Crippen LogP contribution in [0.15, 0.2) is 24.3 Å². The predicted molar refractivity (Wildman–Crippen MR) is 96.2 cm³/mol. The number of hydrogen-bond donors (Lipinski definition) is 0. The molecule has 1 aromatic carbocycles.